The smallest absolute Gasteiger partial charge is 0.333 e. The van der Waals surface area contributed by atoms with Crippen molar-refractivity contribution in [3.05, 3.63) is 221 Å². The molecule has 9 aromatic carbocycles. The molecule has 1 aliphatic carbocycles. The van der Waals surface area contributed by atoms with Crippen LogP contribution in [-0.4, -0.2) is 6.85 Å². The molecule has 0 bridgehead atoms. The zero-order chi connectivity index (χ0) is 43.3. The van der Waals surface area contributed by atoms with Crippen molar-refractivity contribution in [1.82, 2.24) is 0 Å². The van der Waals surface area contributed by atoms with Crippen LogP contribution in [0, 0.1) is 6.92 Å². The topological polar surface area (TPSA) is 6.48 Å². The van der Waals surface area contributed by atoms with Gasteiger partial charge < -0.3 is 9.71 Å². The Morgan fingerprint density at radius 2 is 1.06 bits per heavy atom. The summed E-state index contributed by atoms with van der Waals surface area (Å²) in [6, 6.07) is 72.0. The van der Waals surface area contributed by atoms with Crippen molar-refractivity contribution in [2.45, 2.75) is 58.1 Å². The number of hydrogen-bond donors (Lipinski definition) is 0. The summed E-state index contributed by atoms with van der Waals surface area (Å²) in [4.78, 5) is 10.6. The first-order chi connectivity index (χ1) is 31.8. The third kappa shape index (κ3) is 5.06. The van der Waals surface area contributed by atoms with Gasteiger partial charge >= 0.3 is 6.85 Å². The van der Waals surface area contributed by atoms with Gasteiger partial charge in [0, 0.05) is 53.5 Å². The quantitative estimate of drug-likeness (QED) is 0.160. The lowest BCUT2D eigenvalue weighted by atomic mass is 9.42. The molecule has 4 heterocycles. The minimum absolute atomic E-state index is 0.0173. The van der Waals surface area contributed by atoms with Gasteiger partial charge in [-0.3, -0.25) is 0 Å². The molecule has 0 saturated heterocycles. The number of para-hydroxylation sites is 2. The third-order valence-electron chi connectivity index (χ3n) is 14.7. The number of rotatable bonds is 2. The van der Waals surface area contributed by atoms with Crippen LogP contribution in [0.4, 0.5) is 28.4 Å². The number of nitrogens with zero attached hydrogens (tertiary/aromatic N) is 2. The van der Waals surface area contributed by atoms with Gasteiger partial charge in [-0.05, 0) is 127 Å². The molecule has 2 nitrogen and oxygen atoms in total. The summed E-state index contributed by atoms with van der Waals surface area (Å²) in [5.41, 5.74) is 24.2. The molecule has 0 N–H and O–H groups in total. The highest BCUT2D eigenvalue weighted by Crippen LogP contribution is 2.65. The number of benzene rings is 9. The van der Waals surface area contributed by atoms with Crippen molar-refractivity contribution in [3.63, 3.8) is 0 Å². The molecule has 0 amide bonds. The maximum atomic E-state index is 2.76. The molecule has 5 heteroatoms. The fraction of sp³-hybridized carbons (Fsp3) is 0.100. The summed E-state index contributed by atoms with van der Waals surface area (Å²) in [6.45, 7) is 9.17. The molecular formula is C60H43BN2S2. The molecular weight excluding hydrogens is 824 g/mol. The molecule has 0 fully saturated rings. The van der Waals surface area contributed by atoms with Gasteiger partial charge in [0.2, 0.25) is 0 Å². The molecule has 5 aliphatic rings. The number of anilines is 5. The van der Waals surface area contributed by atoms with Gasteiger partial charge in [-0.25, -0.2) is 0 Å². The van der Waals surface area contributed by atoms with Crippen LogP contribution in [0.15, 0.2) is 208 Å². The van der Waals surface area contributed by atoms with E-state index >= 15 is 0 Å². The van der Waals surface area contributed by atoms with E-state index in [1.54, 1.807) is 0 Å². The fourth-order valence-corrected chi connectivity index (χ4v) is 14.3. The Morgan fingerprint density at radius 1 is 0.446 bits per heavy atom. The Hall–Kier alpha value is -6.66. The summed E-state index contributed by atoms with van der Waals surface area (Å²) in [6.07, 6.45) is 0. The third-order valence-corrected chi connectivity index (χ3v) is 17.2. The zero-order valence-electron chi connectivity index (χ0n) is 36.7. The molecule has 65 heavy (non-hydrogen) atoms. The molecule has 0 saturated carbocycles. The Balaban J connectivity index is 1.11. The van der Waals surface area contributed by atoms with Gasteiger partial charge in [0.05, 0.1) is 11.1 Å². The molecule has 0 unspecified atom stereocenters. The van der Waals surface area contributed by atoms with Crippen molar-refractivity contribution in [3.8, 4) is 33.4 Å². The van der Waals surface area contributed by atoms with E-state index in [-0.39, 0.29) is 12.3 Å². The number of fused-ring (bicyclic) bond motifs is 15. The summed E-state index contributed by atoms with van der Waals surface area (Å²) < 4.78 is 0. The summed E-state index contributed by atoms with van der Waals surface area (Å²) >= 11 is 3.82. The highest BCUT2D eigenvalue weighted by molar-refractivity contribution is 8.05. The highest BCUT2D eigenvalue weighted by Gasteiger charge is 2.56. The van der Waals surface area contributed by atoms with Crippen LogP contribution in [-0.2, 0) is 10.8 Å². The first-order valence-corrected chi connectivity index (χ1v) is 24.4. The number of aryl methyl sites for hydroxylation is 1. The van der Waals surface area contributed by atoms with Gasteiger partial charge in [0.15, 0.2) is 0 Å². The minimum atomic E-state index is -0.481. The summed E-state index contributed by atoms with van der Waals surface area (Å²) in [5.74, 6) is 0. The lowest BCUT2D eigenvalue weighted by molar-refractivity contribution is 0.590. The van der Waals surface area contributed by atoms with Crippen molar-refractivity contribution < 1.29 is 0 Å². The number of hydrogen-bond acceptors (Lipinski definition) is 4. The van der Waals surface area contributed by atoms with E-state index in [1.165, 1.54) is 126 Å². The maximum Gasteiger partial charge on any atom is 0.333 e. The van der Waals surface area contributed by atoms with Crippen molar-refractivity contribution in [2.24, 2.45) is 0 Å². The van der Waals surface area contributed by atoms with Crippen LogP contribution in [0.1, 0.15) is 54.2 Å². The monoisotopic (exact) mass is 866 g/mol. The van der Waals surface area contributed by atoms with Crippen molar-refractivity contribution in [1.29, 1.82) is 0 Å². The zero-order valence-corrected chi connectivity index (χ0v) is 38.3. The molecule has 4 aliphatic heterocycles. The van der Waals surface area contributed by atoms with Crippen LogP contribution in [0.2, 0.25) is 0 Å². The van der Waals surface area contributed by atoms with Crippen molar-refractivity contribution in [2.75, 3.05) is 9.71 Å². The first kappa shape index (κ1) is 37.7. The van der Waals surface area contributed by atoms with E-state index in [2.05, 4.69) is 225 Å². The molecule has 1 spiro atoms. The van der Waals surface area contributed by atoms with Crippen LogP contribution in [0.3, 0.4) is 0 Å². The SMILES string of the molecule is Cc1cc2c3c(c1)N(c1ccc(C(C)(C)C)cc1-c1ccccc1)c1cc4c(cc1B3N1c3ccccc3C3(c5ccccc5-c5ccccc53)c3cccc-2c31)Sc1ccccc1S4. The second-order valence-electron chi connectivity index (χ2n) is 19.3. The molecule has 308 valence electrons. The average Bonchev–Trinajstić information content (AvgIpc) is 3.62. The van der Waals surface area contributed by atoms with Gasteiger partial charge in [-0.1, -0.05) is 184 Å². The van der Waals surface area contributed by atoms with Crippen LogP contribution in [0.5, 0.6) is 0 Å². The Bertz CT molecular complexity index is 3490. The normalized spacial score (nSPS) is 15.0. The Morgan fingerprint density at radius 3 is 1.78 bits per heavy atom. The van der Waals surface area contributed by atoms with Crippen molar-refractivity contribution >= 4 is 69.7 Å². The van der Waals surface area contributed by atoms with Crippen LogP contribution in [0.25, 0.3) is 33.4 Å². The van der Waals surface area contributed by atoms with E-state index in [4.69, 9.17) is 0 Å². The summed E-state index contributed by atoms with van der Waals surface area (Å²) in [7, 11) is 0. The first-order valence-electron chi connectivity index (χ1n) is 22.8. The highest BCUT2D eigenvalue weighted by atomic mass is 32.2. The van der Waals surface area contributed by atoms with E-state index in [9.17, 15) is 0 Å². The second-order valence-corrected chi connectivity index (χ2v) is 21.4. The van der Waals surface area contributed by atoms with Gasteiger partial charge in [0.1, 0.15) is 0 Å². The van der Waals surface area contributed by atoms with Crippen LogP contribution >= 0.6 is 23.5 Å². The second kappa shape index (κ2) is 13.4. The molecule has 0 aromatic heterocycles. The van der Waals surface area contributed by atoms with E-state index < -0.39 is 5.41 Å². The largest absolute Gasteiger partial charge is 0.376 e. The minimum Gasteiger partial charge on any atom is -0.376 e. The van der Waals surface area contributed by atoms with Crippen LogP contribution < -0.4 is 20.6 Å². The predicted molar refractivity (Wildman–Crippen MR) is 275 cm³/mol. The van der Waals surface area contributed by atoms with Gasteiger partial charge in [0.25, 0.3) is 0 Å². The lowest BCUT2D eigenvalue weighted by Gasteiger charge is -2.52. The molecule has 0 atom stereocenters. The lowest BCUT2D eigenvalue weighted by Crippen LogP contribution is -2.63. The summed E-state index contributed by atoms with van der Waals surface area (Å²) in [5, 5.41) is 0. The van der Waals surface area contributed by atoms with Gasteiger partial charge in [-0.15, -0.1) is 0 Å². The van der Waals surface area contributed by atoms with E-state index in [0.29, 0.717) is 0 Å². The average molecular weight is 867 g/mol. The Labute approximate surface area is 390 Å². The van der Waals surface area contributed by atoms with E-state index in [1.807, 2.05) is 23.5 Å². The maximum absolute atomic E-state index is 2.76. The molecule has 9 aromatic rings. The van der Waals surface area contributed by atoms with E-state index in [0.717, 1.165) is 0 Å². The molecule has 14 rings (SSSR count). The Kier molecular flexibility index (Phi) is 7.80. The fourth-order valence-electron chi connectivity index (χ4n) is 12.0. The standard InChI is InChI=1S/C60H43BN2S2/c1-36-31-43-41-21-16-25-47-58(41)63(50-26-13-12-24-46(50)60(47)44-22-10-8-19-39(44)40-20-9-11-23-45(40)60)61-48-34-55-56(65-54-28-15-14-27-53(54)64-55)35-51(48)62(52(32-36)57(43)61)49-30-29-38(59(2,3)4)33-42(49)37-17-6-5-7-18-37/h5-35H,1-4H3. The molecule has 0 radical (unpaired) electrons. The van der Waals surface area contributed by atoms with Gasteiger partial charge in [-0.2, -0.15) is 0 Å². The predicted octanol–water partition coefficient (Wildman–Crippen LogP) is 15.0.